The minimum Gasteiger partial charge on any atom is -0.481 e. The fraction of sp³-hybridized carbons (Fsp3) is 0.364. The van der Waals surface area contributed by atoms with E-state index in [9.17, 15) is 13.6 Å². The van der Waals surface area contributed by atoms with Gasteiger partial charge in [0.2, 0.25) is 0 Å². The van der Waals surface area contributed by atoms with Crippen molar-refractivity contribution >= 4 is 11.7 Å². The van der Waals surface area contributed by atoms with Crippen LogP contribution in [0, 0.1) is 18.6 Å². The number of benzene rings is 1. The normalized spacial score (nSPS) is 12.2. The number of anilines is 1. The van der Waals surface area contributed by atoms with Gasteiger partial charge in [0.05, 0.1) is 12.1 Å². The topological polar surface area (TPSA) is 49.3 Å². The smallest absolute Gasteiger partial charge is 0.305 e. The third-order valence-electron chi connectivity index (χ3n) is 2.13. The molecule has 1 aromatic rings. The molecule has 5 heteroatoms. The highest BCUT2D eigenvalue weighted by Crippen LogP contribution is 2.19. The van der Waals surface area contributed by atoms with Gasteiger partial charge in [-0.3, -0.25) is 4.79 Å². The maximum Gasteiger partial charge on any atom is 0.305 e. The predicted octanol–water partition coefficient (Wildman–Crippen LogP) is 2.55. The lowest BCUT2D eigenvalue weighted by atomic mass is 10.1. The molecule has 0 aromatic heterocycles. The summed E-state index contributed by atoms with van der Waals surface area (Å²) in [5.41, 5.74) is 0.200. The molecule has 0 amide bonds. The molecule has 3 nitrogen and oxygen atoms in total. The lowest BCUT2D eigenvalue weighted by Gasteiger charge is -2.14. The predicted molar refractivity (Wildman–Crippen MR) is 56.4 cm³/mol. The van der Waals surface area contributed by atoms with Crippen molar-refractivity contribution in [2.75, 3.05) is 5.32 Å². The summed E-state index contributed by atoms with van der Waals surface area (Å²) in [6.45, 7) is 3.05. The van der Waals surface area contributed by atoms with Crippen molar-refractivity contribution in [2.24, 2.45) is 0 Å². The van der Waals surface area contributed by atoms with Gasteiger partial charge in [-0.15, -0.1) is 0 Å². The zero-order chi connectivity index (χ0) is 12.3. The Bertz CT molecular complexity index is 407. The first-order chi connectivity index (χ1) is 7.40. The minimum absolute atomic E-state index is 0.0168. The molecule has 1 rings (SSSR count). The summed E-state index contributed by atoms with van der Waals surface area (Å²) in [6, 6.07) is 1.64. The molecule has 1 atom stereocenters. The molecule has 0 saturated carbocycles. The van der Waals surface area contributed by atoms with Gasteiger partial charge in [-0.05, 0) is 25.5 Å². The van der Waals surface area contributed by atoms with Gasteiger partial charge < -0.3 is 10.4 Å². The van der Waals surface area contributed by atoms with Gasteiger partial charge in [0.15, 0.2) is 0 Å². The van der Waals surface area contributed by atoms with Crippen molar-refractivity contribution in [1.29, 1.82) is 0 Å². The fourth-order valence-corrected chi connectivity index (χ4v) is 1.34. The SMILES string of the molecule is Cc1cc(F)c(NC(C)CC(=O)O)cc1F. The molecule has 0 radical (unpaired) electrons. The molecule has 88 valence electrons. The third kappa shape index (κ3) is 3.18. The van der Waals surface area contributed by atoms with Crippen LogP contribution in [0.2, 0.25) is 0 Å². The highest BCUT2D eigenvalue weighted by molar-refractivity contribution is 5.68. The number of aliphatic carboxylic acids is 1. The highest BCUT2D eigenvalue weighted by Gasteiger charge is 2.12. The maximum absolute atomic E-state index is 13.4. The first-order valence-electron chi connectivity index (χ1n) is 4.84. The summed E-state index contributed by atoms with van der Waals surface area (Å²) in [7, 11) is 0. The Labute approximate surface area is 92.1 Å². The molecule has 16 heavy (non-hydrogen) atoms. The quantitative estimate of drug-likeness (QED) is 0.834. The Kier molecular flexibility index (Phi) is 3.82. The summed E-state index contributed by atoms with van der Waals surface area (Å²) < 4.78 is 26.5. The van der Waals surface area contributed by atoms with Crippen LogP contribution in [0.1, 0.15) is 18.9 Å². The molecule has 0 heterocycles. The Hall–Kier alpha value is -1.65. The number of aryl methyl sites for hydroxylation is 1. The number of rotatable bonds is 4. The lowest BCUT2D eigenvalue weighted by molar-refractivity contribution is -0.137. The molecular formula is C11H13F2NO2. The van der Waals surface area contributed by atoms with Gasteiger partial charge in [0, 0.05) is 12.1 Å². The molecule has 1 unspecified atom stereocenters. The third-order valence-corrected chi connectivity index (χ3v) is 2.13. The second kappa shape index (κ2) is 4.92. The van der Waals surface area contributed by atoms with Crippen LogP contribution in [0.5, 0.6) is 0 Å². The number of carbonyl (C=O) groups is 1. The Morgan fingerprint density at radius 3 is 2.62 bits per heavy atom. The molecule has 0 fully saturated rings. The van der Waals surface area contributed by atoms with Crippen LogP contribution in [0.25, 0.3) is 0 Å². The largest absolute Gasteiger partial charge is 0.481 e. The van der Waals surface area contributed by atoms with E-state index in [4.69, 9.17) is 5.11 Å². The second-order valence-corrected chi connectivity index (χ2v) is 3.72. The van der Waals surface area contributed by atoms with E-state index in [2.05, 4.69) is 5.32 Å². The number of hydrogen-bond donors (Lipinski definition) is 2. The average molecular weight is 229 g/mol. The molecule has 0 aliphatic carbocycles. The summed E-state index contributed by atoms with van der Waals surface area (Å²) in [4.78, 5) is 10.4. The number of halogens is 2. The van der Waals surface area contributed by atoms with Crippen LogP contribution in [0.3, 0.4) is 0 Å². The number of hydrogen-bond acceptors (Lipinski definition) is 2. The number of carboxylic acids is 1. The zero-order valence-corrected chi connectivity index (χ0v) is 9.05. The Morgan fingerprint density at radius 2 is 2.06 bits per heavy atom. The monoisotopic (exact) mass is 229 g/mol. The summed E-state index contributed by atoms with van der Waals surface area (Å²) >= 11 is 0. The summed E-state index contributed by atoms with van der Waals surface area (Å²) in [5, 5.41) is 11.1. The van der Waals surface area contributed by atoms with E-state index in [0.29, 0.717) is 0 Å². The van der Waals surface area contributed by atoms with Crippen LogP contribution < -0.4 is 5.32 Å². The van der Waals surface area contributed by atoms with Crippen molar-refractivity contribution in [3.8, 4) is 0 Å². The van der Waals surface area contributed by atoms with Gasteiger partial charge in [-0.25, -0.2) is 8.78 Å². The van der Waals surface area contributed by atoms with E-state index in [1.807, 2.05) is 0 Å². The first kappa shape index (κ1) is 12.4. The van der Waals surface area contributed by atoms with E-state index in [1.54, 1.807) is 6.92 Å². The molecule has 0 aliphatic rings. The Morgan fingerprint density at radius 1 is 1.44 bits per heavy atom. The summed E-state index contributed by atoms with van der Waals surface area (Å²) in [5.74, 6) is -2.10. The highest BCUT2D eigenvalue weighted by atomic mass is 19.1. The van der Waals surface area contributed by atoms with Gasteiger partial charge >= 0.3 is 5.97 Å². The van der Waals surface area contributed by atoms with E-state index < -0.39 is 23.6 Å². The molecule has 0 aliphatic heterocycles. The van der Waals surface area contributed by atoms with Crippen molar-refractivity contribution in [3.63, 3.8) is 0 Å². The van der Waals surface area contributed by atoms with E-state index in [1.165, 1.54) is 6.92 Å². The van der Waals surface area contributed by atoms with Crippen LogP contribution in [-0.4, -0.2) is 17.1 Å². The Balaban J connectivity index is 2.81. The van der Waals surface area contributed by atoms with Gasteiger partial charge in [-0.1, -0.05) is 0 Å². The minimum atomic E-state index is -0.993. The van der Waals surface area contributed by atoms with Gasteiger partial charge in [0.1, 0.15) is 11.6 Å². The van der Waals surface area contributed by atoms with Gasteiger partial charge in [-0.2, -0.15) is 0 Å². The van der Waals surface area contributed by atoms with E-state index in [0.717, 1.165) is 12.1 Å². The molecular weight excluding hydrogens is 216 g/mol. The van der Waals surface area contributed by atoms with Crippen molar-refractivity contribution in [1.82, 2.24) is 0 Å². The van der Waals surface area contributed by atoms with E-state index in [-0.39, 0.29) is 17.7 Å². The number of carboxylic acid groups (broad SMARTS) is 1. The van der Waals surface area contributed by atoms with E-state index >= 15 is 0 Å². The summed E-state index contributed by atoms with van der Waals surface area (Å²) in [6.07, 6.45) is -0.158. The molecule has 0 spiro atoms. The van der Waals surface area contributed by atoms with Crippen LogP contribution in [-0.2, 0) is 4.79 Å². The molecule has 0 saturated heterocycles. The van der Waals surface area contributed by atoms with Crippen LogP contribution in [0.15, 0.2) is 12.1 Å². The fourth-order valence-electron chi connectivity index (χ4n) is 1.34. The van der Waals surface area contributed by atoms with Gasteiger partial charge in [0.25, 0.3) is 0 Å². The van der Waals surface area contributed by atoms with Crippen molar-refractivity contribution in [3.05, 3.63) is 29.3 Å². The second-order valence-electron chi connectivity index (χ2n) is 3.72. The molecule has 0 bridgehead atoms. The van der Waals surface area contributed by atoms with Crippen LogP contribution >= 0.6 is 0 Å². The lowest BCUT2D eigenvalue weighted by Crippen LogP contribution is -2.20. The number of nitrogens with one attached hydrogen (secondary N) is 1. The van der Waals surface area contributed by atoms with Crippen LogP contribution in [0.4, 0.5) is 14.5 Å². The standard InChI is InChI=1S/C11H13F2NO2/c1-6-3-9(13)10(5-8(6)12)14-7(2)4-11(15)16/h3,5,7,14H,4H2,1-2H3,(H,15,16). The van der Waals surface area contributed by atoms with Crippen molar-refractivity contribution in [2.45, 2.75) is 26.3 Å². The maximum atomic E-state index is 13.4. The first-order valence-corrected chi connectivity index (χ1v) is 4.84. The zero-order valence-electron chi connectivity index (χ0n) is 9.05. The molecule has 2 N–H and O–H groups in total. The molecule has 1 aromatic carbocycles. The average Bonchev–Trinajstić information content (AvgIpc) is 2.12. The van der Waals surface area contributed by atoms with Crippen molar-refractivity contribution < 1.29 is 18.7 Å².